The van der Waals surface area contributed by atoms with E-state index >= 15 is 0 Å². The topological polar surface area (TPSA) is 77.5 Å². The van der Waals surface area contributed by atoms with Gasteiger partial charge < -0.3 is 14.8 Å². The van der Waals surface area contributed by atoms with Crippen molar-refractivity contribution in [2.45, 2.75) is 38.5 Å². The lowest BCUT2D eigenvalue weighted by atomic mass is 10.2. The summed E-state index contributed by atoms with van der Waals surface area (Å²) in [5.74, 6) is -5.22. The summed E-state index contributed by atoms with van der Waals surface area (Å²) in [5.41, 5.74) is 0.662. The van der Waals surface area contributed by atoms with Crippen LogP contribution in [0.15, 0.2) is 18.2 Å². The van der Waals surface area contributed by atoms with E-state index in [1.165, 1.54) is 11.3 Å². The Morgan fingerprint density at radius 3 is 2.71 bits per heavy atom. The first-order valence-electron chi connectivity index (χ1n) is 8.36. The number of rotatable bonds is 10. The third kappa shape index (κ3) is 6.32. The first kappa shape index (κ1) is 21.9. The average molecular weight is 422 g/mol. The van der Waals surface area contributed by atoms with Gasteiger partial charge in [0.2, 0.25) is 5.91 Å². The van der Waals surface area contributed by atoms with Crippen molar-refractivity contribution in [1.82, 2.24) is 4.98 Å². The Balaban J connectivity index is 1.76. The van der Waals surface area contributed by atoms with Crippen LogP contribution in [-0.4, -0.2) is 42.4 Å². The van der Waals surface area contributed by atoms with E-state index < -0.39 is 30.8 Å². The Morgan fingerprint density at radius 2 is 2.04 bits per heavy atom. The maximum atomic E-state index is 12.7. The van der Waals surface area contributed by atoms with E-state index in [2.05, 4.69) is 15.0 Å². The lowest BCUT2D eigenvalue weighted by molar-refractivity contribution is -0.179. The van der Waals surface area contributed by atoms with Crippen LogP contribution in [0.25, 0.3) is 10.2 Å². The standard InChI is InChI=1S/C17H18F4N2O4S/c1-2-26-10-6-7-12-11(8-10)22-16(28-12)23-13(24)4-3-5-14(25)27-9-17(20,21)15(18)19/h6-8,15H,2-5,9H2,1H3,(H,22,23,24). The molecular formula is C17H18F4N2O4S. The van der Waals surface area contributed by atoms with Gasteiger partial charge in [-0.2, -0.15) is 8.78 Å². The van der Waals surface area contributed by atoms with E-state index in [4.69, 9.17) is 4.74 Å². The van der Waals surface area contributed by atoms with Crippen LogP contribution >= 0.6 is 11.3 Å². The van der Waals surface area contributed by atoms with Gasteiger partial charge in [0.15, 0.2) is 11.7 Å². The molecule has 2 rings (SSSR count). The second-order valence-corrected chi connectivity index (χ2v) is 6.74. The average Bonchev–Trinajstić information content (AvgIpc) is 3.01. The van der Waals surface area contributed by atoms with Crippen LogP contribution in [0.5, 0.6) is 5.75 Å². The Bertz CT molecular complexity index is 829. The number of nitrogens with one attached hydrogen (secondary N) is 1. The number of hydrogen-bond donors (Lipinski definition) is 1. The SMILES string of the molecule is CCOc1ccc2sc(NC(=O)CCCC(=O)OCC(F)(F)C(F)F)nc2c1. The third-order valence-electron chi connectivity index (χ3n) is 3.45. The number of ether oxygens (including phenoxy) is 2. The van der Waals surface area contributed by atoms with Crippen molar-refractivity contribution >= 4 is 38.6 Å². The van der Waals surface area contributed by atoms with Crippen LogP contribution in [-0.2, 0) is 14.3 Å². The summed E-state index contributed by atoms with van der Waals surface area (Å²) in [5, 5.41) is 2.95. The number of halogens is 4. The van der Waals surface area contributed by atoms with Crippen molar-refractivity contribution in [3.63, 3.8) is 0 Å². The van der Waals surface area contributed by atoms with Gasteiger partial charge in [0, 0.05) is 18.9 Å². The molecule has 1 aromatic heterocycles. The molecule has 11 heteroatoms. The molecule has 0 unspecified atom stereocenters. The summed E-state index contributed by atoms with van der Waals surface area (Å²) in [4.78, 5) is 27.5. The molecule has 0 atom stereocenters. The number of thiazole rings is 1. The van der Waals surface area contributed by atoms with Crippen LogP contribution in [0.3, 0.4) is 0 Å². The molecule has 2 aromatic rings. The molecule has 0 saturated carbocycles. The smallest absolute Gasteiger partial charge is 0.340 e. The molecule has 1 amide bonds. The van der Waals surface area contributed by atoms with Crippen molar-refractivity contribution in [2.24, 2.45) is 0 Å². The highest BCUT2D eigenvalue weighted by molar-refractivity contribution is 7.22. The zero-order valence-electron chi connectivity index (χ0n) is 14.8. The molecule has 0 aliphatic rings. The summed E-state index contributed by atoms with van der Waals surface area (Å²) in [6, 6.07) is 5.35. The van der Waals surface area contributed by atoms with E-state index in [1.54, 1.807) is 12.1 Å². The Morgan fingerprint density at radius 1 is 1.29 bits per heavy atom. The first-order valence-corrected chi connectivity index (χ1v) is 9.17. The summed E-state index contributed by atoms with van der Waals surface area (Å²) in [7, 11) is 0. The molecule has 0 bridgehead atoms. The highest BCUT2D eigenvalue weighted by Crippen LogP contribution is 2.29. The van der Waals surface area contributed by atoms with E-state index in [1.807, 2.05) is 13.0 Å². The molecule has 0 fully saturated rings. The number of benzene rings is 1. The highest BCUT2D eigenvalue weighted by Gasteiger charge is 2.42. The minimum absolute atomic E-state index is 0.0182. The van der Waals surface area contributed by atoms with Crippen molar-refractivity contribution in [3.05, 3.63) is 18.2 Å². The fourth-order valence-electron chi connectivity index (χ4n) is 2.10. The molecule has 0 radical (unpaired) electrons. The van der Waals surface area contributed by atoms with Gasteiger partial charge in [-0.3, -0.25) is 9.59 Å². The Kier molecular flexibility index (Phi) is 7.55. The minimum Gasteiger partial charge on any atom is -0.494 e. The van der Waals surface area contributed by atoms with Crippen LogP contribution < -0.4 is 10.1 Å². The lowest BCUT2D eigenvalue weighted by Crippen LogP contribution is -2.33. The molecular weight excluding hydrogens is 404 g/mol. The van der Waals surface area contributed by atoms with Gasteiger partial charge in [0.05, 0.1) is 16.8 Å². The molecule has 0 spiro atoms. The number of carbonyl (C=O) groups excluding carboxylic acids is 2. The van der Waals surface area contributed by atoms with E-state index in [0.29, 0.717) is 23.0 Å². The molecule has 0 aliphatic carbocycles. The van der Waals surface area contributed by atoms with Gasteiger partial charge in [0.1, 0.15) is 5.75 Å². The van der Waals surface area contributed by atoms with Gasteiger partial charge in [-0.25, -0.2) is 13.8 Å². The lowest BCUT2D eigenvalue weighted by Gasteiger charge is -2.14. The number of alkyl halides is 4. The number of carbonyl (C=O) groups is 2. The van der Waals surface area contributed by atoms with Gasteiger partial charge in [-0.05, 0) is 25.5 Å². The maximum absolute atomic E-state index is 12.7. The summed E-state index contributed by atoms with van der Waals surface area (Å²) >= 11 is 1.26. The molecule has 1 N–H and O–H groups in total. The van der Waals surface area contributed by atoms with Crippen LogP contribution in [0.4, 0.5) is 22.7 Å². The van der Waals surface area contributed by atoms with Crippen LogP contribution in [0.1, 0.15) is 26.2 Å². The monoisotopic (exact) mass is 422 g/mol. The van der Waals surface area contributed by atoms with E-state index in [-0.39, 0.29) is 19.3 Å². The fraction of sp³-hybridized carbons (Fsp3) is 0.471. The number of fused-ring (bicyclic) bond motifs is 1. The second-order valence-electron chi connectivity index (χ2n) is 5.71. The quantitative estimate of drug-likeness (QED) is 0.458. The van der Waals surface area contributed by atoms with Gasteiger partial charge in [-0.1, -0.05) is 11.3 Å². The Hall–Kier alpha value is -2.43. The number of hydrogen-bond acceptors (Lipinski definition) is 6. The fourth-order valence-corrected chi connectivity index (χ4v) is 2.97. The molecule has 6 nitrogen and oxygen atoms in total. The predicted octanol–water partition coefficient (Wildman–Crippen LogP) is 4.25. The number of amides is 1. The second kappa shape index (κ2) is 9.67. The Labute approximate surface area is 161 Å². The molecule has 1 heterocycles. The normalized spacial score (nSPS) is 11.6. The molecule has 0 aliphatic heterocycles. The van der Waals surface area contributed by atoms with Crippen molar-refractivity contribution in [3.8, 4) is 5.75 Å². The molecule has 28 heavy (non-hydrogen) atoms. The maximum Gasteiger partial charge on any atom is 0.340 e. The number of esters is 1. The first-order chi connectivity index (χ1) is 13.2. The third-order valence-corrected chi connectivity index (χ3v) is 4.40. The summed E-state index contributed by atoms with van der Waals surface area (Å²) in [6.07, 6.45) is -4.32. The van der Waals surface area contributed by atoms with E-state index in [9.17, 15) is 27.2 Å². The minimum atomic E-state index is -4.39. The van der Waals surface area contributed by atoms with Crippen LogP contribution in [0, 0.1) is 0 Å². The number of nitrogens with zero attached hydrogens (tertiary/aromatic N) is 1. The number of anilines is 1. The molecule has 1 aromatic carbocycles. The summed E-state index contributed by atoms with van der Waals surface area (Å²) in [6.45, 7) is 0.684. The van der Waals surface area contributed by atoms with Crippen LogP contribution in [0.2, 0.25) is 0 Å². The summed E-state index contributed by atoms with van der Waals surface area (Å²) < 4.78 is 59.6. The van der Waals surface area contributed by atoms with Gasteiger partial charge >= 0.3 is 18.3 Å². The van der Waals surface area contributed by atoms with Crippen molar-refractivity contribution in [1.29, 1.82) is 0 Å². The van der Waals surface area contributed by atoms with Gasteiger partial charge in [-0.15, -0.1) is 0 Å². The highest BCUT2D eigenvalue weighted by atomic mass is 32.1. The number of aromatic nitrogens is 1. The van der Waals surface area contributed by atoms with Gasteiger partial charge in [0.25, 0.3) is 0 Å². The predicted molar refractivity (Wildman–Crippen MR) is 95.2 cm³/mol. The molecule has 154 valence electrons. The van der Waals surface area contributed by atoms with Crippen molar-refractivity contribution in [2.75, 3.05) is 18.5 Å². The zero-order valence-corrected chi connectivity index (χ0v) is 15.7. The molecule has 0 saturated heterocycles. The van der Waals surface area contributed by atoms with Crippen molar-refractivity contribution < 1.29 is 36.6 Å². The van der Waals surface area contributed by atoms with E-state index in [0.717, 1.165) is 4.70 Å². The largest absolute Gasteiger partial charge is 0.494 e. The zero-order chi connectivity index (χ0) is 20.7.